The number of amides is 1. The standard InChI is InChI=1S/C12H17NO4/c1-3-12(15)13-9-4-5-10(16-2)11(8-9)17-7-6-14/h4-5,8,14H,3,6-7H2,1-2H3,(H,13,15). The van der Waals surface area contributed by atoms with Gasteiger partial charge in [0.2, 0.25) is 5.91 Å². The molecule has 1 rings (SSSR count). The number of aliphatic hydroxyl groups is 1. The van der Waals surface area contributed by atoms with Gasteiger partial charge < -0.3 is 19.9 Å². The van der Waals surface area contributed by atoms with Gasteiger partial charge in [-0.15, -0.1) is 0 Å². The minimum Gasteiger partial charge on any atom is -0.493 e. The molecule has 0 saturated heterocycles. The van der Waals surface area contributed by atoms with Crippen LogP contribution in [-0.4, -0.2) is 31.3 Å². The number of carbonyl (C=O) groups is 1. The zero-order chi connectivity index (χ0) is 12.7. The molecule has 0 spiro atoms. The second-order valence-electron chi connectivity index (χ2n) is 3.34. The molecule has 0 heterocycles. The molecular weight excluding hydrogens is 222 g/mol. The van der Waals surface area contributed by atoms with Crippen LogP contribution in [0.5, 0.6) is 11.5 Å². The zero-order valence-electron chi connectivity index (χ0n) is 10.0. The van der Waals surface area contributed by atoms with Crippen molar-refractivity contribution in [3.8, 4) is 11.5 Å². The fourth-order valence-corrected chi connectivity index (χ4v) is 1.27. The van der Waals surface area contributed by atoms with E-state index in [1.807, 2.05) is 0 Å². The summed E-state index contributed by atoms with van der Waals surface area (Å²) in [7, 11) is 1.53. The van der Waals surface area contributed by atoms with Crippen molar-refractivity contribution < 1.29 is 19.4 Å². The van der Waals surface area contributed by atoms with E-state index in [1.54, 1.807) is 25.1 Å². The molecule has 0 aromatic heterocycles. The average molecular weight is 239 g/mol. The molecule has 1 aromatic rings. The molecule has 17 heavy (non-hydrogen) atoms. The monoisotopic (exact) mass is 239 g/mol. The molecule has 5 heteroatoms. The maximum absolute atomic E-state index is 11.2. The van der Waals surface area contributed by atoms with Gasteiger partial charge in [0.25, 0.3) is 0 Å². The van der Waals surface area contributed by atoms with Gasteiger partial charge in [0.15, 0.2) is 11.5 Å². The van der Waals surface area contributed by atoms with Gasteiger partial charge in [0.05, 0.1) is 13.7 Å². The summed E-state index contributed by atoms with van der Waals surface area (Å²) in [6.07, 6.45) is 0.416. The van der Waals surface area contributed by atoms with Crippen molar-refractivity contribution in [2.24, 2.45) is 0 Å². The van der Waals surface area contributed by atoms with E-state index in [9.17, 15) is 4.79 Å². The Morgan fingerprint density at radius 2 is 2.18 bits per heavy atom. The largest absolute Gasteiger partial charge is 0.493 e. The first-order valence-electron chi connectivity index (χ1n) is 5.42. The number of hydrogen-bond acceptors (Lipinski definition) is 4. The van der Waals surface area contributed by atoms with Crippen LogP contribution < -0.4 is 14.8 Å². The van der Waals surface area contributed by atoms with Gasteiger partial charge in [-0.3, -0.25) is 4.79 Å². The Bertz CT molecular complexity index is 379. The summed E-state index contributed by atoms with van der Waals surface area (Å²) in [6, 6.07) is 5.11. The van der Waals surface area contributed by atoms with Crippen molar-refractivity contribution in [1.82, 2.24) is 0 Å². The molecule has 5 nitrogen and oxygen atoms in total. The van der Waals surface area contributed by atoms with E-state index in [0.717, 1.165) is 0 Å². The fraction of sp³-hybridized carbons (Fsp3) is 0.417. The molecule has 0 aliphatic rings. The van der Waals surface area contributed by atoms with Crippen LogP contribution in [0.2, 0.25) is 0 Å². The molecule has 0 atom stereocenters. The molecule has 94 valence electrons. The molecule has 1 aromatic carbocycles. The Morgan fingerprint density at radius 1 is 1.41 bits per heavy atom. The number of rotatable bonds is 6. The fourth-order valence-electron chi connectivity index (χ4n) is 1.27. The molecule has 0 aliphatic carbocycles. The number of benzene rings is 1. The van der Waals surface area contributed by atoms with E-state index in [4.69, 9.17) is 14.6 Å². The summed E-state index contributed by atoms with van der Waals surface area (Å²) in [5, 5.41) is 11.4. The van der Waals surface area contributed by atoms with Crippen molar-refractivity contribution in [2.45, 2.75) is 13.3 Å². The van der Waals surface area contributed by atoms with E-state index in [0.29, 0.717) is 23.6 Å². The minimum absolute atomic E-state index is 0.0664. The van der Waals surface area contributed by atoms with E-state index in [2.05, 4.69) is 5.32 Å². The van der Waals surface area contributed by atoms with Gasteiger partial charge in [-0.25, -0.2) is 0 Å². The van der Waals surface area contributed by atoms with Gasteiger partial charge in [-0.2, -0.15) is 0 Å². The van der Waals surface area contributed by atoms with Crippen LogP contribution in [-0.2, 0) is 4.79 Å². The van der Waals surface area contributed by atoms with Crippen molar-refractivity contribution in [1.29, 1.82) is 0 Å². The maximum Gasteiger partial charge on any atom is 0.224 e. The third kappa shape index (κ3) is 3.96. The lowest BCUT2D eigenvalue weighted by Gasteiger charge is -2.12. The molecule has 2 N–H and O–H groups in total. The summed E-state index contributed by atoms with van der Waals surface area (Å²) < 4.78 is 10.4. The number of ether oxygens (including phenoxy) is 2. The molecule has 0 fully saturated rings. The summed E-state index contributed by atoms with van der Waals surface area (Å²) in [5.74, 6) is 0.992. The molecule has 1 amide bonds. The molecule has 0 bridgehead atoms. The zero-order valence-corrected chi connectivity index (χ0v) is 10.0. The first-order chi connectivity index (χ1) is 8.21. The van der Waals surface area contributed by atoms with Crippen LogP contribution in [0.1, 0.15) is 13.3 Å². The van der Waals surface area contributed by atoms with E-state index in [-0.39, 0.29) is 19.1 Å². The number of nitrogens with one attached hydrogen (secondary N) is 1. The van der Waals surface area contributed by atoms with E-state index >= 15 is 0 Å². The lowest BCUT2D eigenvalue weighted by atomic mass is 10.2. The number of anilines is 1. The smallest absolute Gasteiger partial charge is 0.224 e. The predicted molar refractivity (Wildman–Crippen MR) is 64.5 cm³/mol. The summed E-state index contributed by atoms with van der Waals surface area (Å²) in [6.45, 7) is 1.89. The maximum atomic E-state index is 11.2. The SMILES string of the molecule is CCC(=O)Nc1ccc(OC)c(OCCO)c1. The highest BCUT2D eigenvalue weighted by Gasteiger charge is 2.07. The van der Waals surface area contributed by atoms with Gasteiger partial charge in [-0.1, -0.05) is 6.92 Å². The molecule has 0 unspecified atom stereocenters. The highest BCUT2D eigenvalue weighted by Crippen LogP contribution is 2.30. The summed E-state index contributed by atoms with van der Waals surface area (Å²) in [4.78, 5) is 11.2. The Kier molecular flexibility index (Phi) is 5.29. The number of carbonyl (C=O) groups excluding carboxylic acids is 1. The van der Waals surface area contributed by atoms with Crippen molar-refractivity contribution in [3.63, 3.8) is 0 Å². The highest BCUT2D eigenvalue weighted by atomic mass is 16.5. The molecule has 0 aliphatic heterocycles. The van der Waals surface area contributed by atoms with Gasteiger partial charge in [0.1, 0.15) is 6.61 Å². The number of methoxy groups -OCH3 is 1. The van der Waals surface area contributed by atoms with Crippen LogP contribution in [0, 0.1) is 0 Å². The number of hydrogen-bond donors (Lipinski definition) is 2. The Labute approximate surface area is 100 Å². The van der Waals surface area contributed by atoms with Crippen molar-refractivity contribution >= 4 is 11.6 Å². The third-order valence-electron chi connectivity index (χ3n) is 2.12. The van der Waals surface area contributed by atoms with E-state index in [1.165, 1.54) is 7.11 Å². The summed E-state index contributed by atoms with van der Waals surface area (Å²) >= 11 is 0. The van der Waals surface area contributed by atoms with Crippen LogP contribution in [0.4, 0.5) is 5.69 Å². The van der Waals surface area contributed by atoms with Gasteiger partial charge >= 0.3 is 0 Å². The Hall–Kier alpha value is -1.75. The quantitative estimate of drug-likeness (QED) is 0.787. The lowest BCUT2D eigenvalue weighted by Crippen LogP contribution is -2.10. The molecule has 0 radical (unpaired) electrons. The van der Waals surface area contributed by atoms with Crippen LogP contribution in [0.3, 0.4) is 0 Å². The normalized spacial score (nSPS) is 9.82. The van der Waals surface area contributed by atoms with Gasteiger partial charge in [0, 0.05) is 18.2 Å². The highest BCUT2D eigenvalue weighted by molar-refractivity contribution is 5.90. The minimum atomic E-state index is -0.0747. The van der Waals surface area contributed by atoms with Crippen LogP contribution in [0.25, 0.3) is 0 Å². The topological polar surface area (TPSA) is 67.8 Å². The first-order valence-corrected chi connectivity index (χ1v) is 5.42. The van der Waals surface area contributed by atoms with Crippen LogP contribution in [0.15, 0.2) is 18.2 Å². The van der Waals surface area contributed by atoms with Gasteiger partial charge in [-0.05, 0) is 12.1 Å². The first kappa shape index (κ1) is 13.3. The number of aliphatic hydroxyl groups excluding tert-OH is 1. The van der Waals surface area contributed by atoms with Crippen molar-refractivity contribution in [3.05, 3.63) is 18.2 Å². The Morgan fingerprint density at radius 3 is 2.76 bits per heavy atom. The second kappa shape index (κ2) is 6.75. The molecule has 0 saturated carbocycles. The third-order valence-corrected chi connectivity index (χ3v) is 2.12. The molecular formula is C12H17NO4. The van der Waals surface area contributed by atoms with Crippen LogP contribution >= 0.6 is 0 Å². The van der Waals surface area contributed by atoms with E-state index < -0.39 is 0 Å². The Balaban J connectivity index is 2.83. The average Bonchev–Trinajstić information content (AvgIpc) is 2.36. The second-order valence-corrected chi connectivity index (χ2v) is 3.34. The predicted octanol–water partition coefficient (Wildman–Crippen LogP) is 1.41. The summed E-state index contributed by atoms with van der Waals surface area (Å²) in [5.41, 5.74) is 0.644. The lowest BCUT2D eigenvalue weighted by molar-refractivity contribution is -0.115. The van der Waals surface area contributed by atoms with Crippen molar-refractivity contribution in [2.75, 3.05) is 25.6 Å².